The van der Waals surface area contributed by atoms with Crippen molar-refractivity contribution in [1.82, 2.24) is 4.90 Å². The van der Waals surface area contributed by atoms with Crippen molar-refractivity contribution in [2.45, 2.75) is 18.9 Å². The van der Waals surface area contributed by atoms with Crippen molar-refractivity contribution >= 4 is 5.91 Å². The van der Waals surface area contributed by atoms with Gasteiger partial charge in [0.05, 0.1) is 26.7 Å². The van der Waals surface area contributed by atoms with Gasteiger partial charge in [0, 0.05) is 13.1 Å². The topological polar surface area (TPSA) is 59.0 Å². The summed E-state index contributed by atoms with van der Waals surface area (Å²) < 4.78 is 10.4. The van der Waals surface area contributed by atoms with Crippen molar-refractivity contribution in [2.24, 2.45) is 0 Å². The Bertz CT molecular complexity index is 461. The Balaban J connectivity index is 2.04. The summed E-state index contributed by atoms with van der Waals surface area (Å²) in [5.74, 6) is 1.30. The zero-order chi connectivity index (χ0) is 13.8. The van der Waals surface area contributed by atoms with E-state index in [1.807, 2.05) is 12.1 Å². The van der Waals surface area contributed by atoms with Gasteiger partial charge in [-0.05, 0) is 24.1 Å². The molecule has 19 heavy (non-hydrogen) atoms. The van der Waals surface area contributed by atoms with Crippen LogP contribution in [0.2, 0.25) is 0 Å². The molecule has 1 amide bonds. The number of carbonyl (C=O) groups excluding carboxylic acids is 1. The molecule has 104 valence electrons. The van der Waals surface area contributed by atoms with Crippen LogP contribution in [0.1, 0.15) is 12.0 Å². The Hall–Kier alpha value is -1.75. The van der Waals surface area contributed by atoms with Crippen LogP contribution >= 0.6 is 0 Å². The predicted octanol–water partition coefficient (Wildman–Crippen LogP) is 0.839. The van der Waals surface area contributed by atoms with Crippen molar-refractivity contribution in [3.63, 3.8) is 0 Å². The van der Waals surface area contributed by atoms with Gasteiger partial charge in [-0.25, -0.2) is 0 Å². The Kier molecular flexibility index (Phi) is 4.27. The summed E-state index contributed by atoms with van der Waals surface area (Å²) in [7, 11) is 3.15. The highest BCUT2D eigenvalue weighted by atomic mass is 16.5. The van der Waals surface area contributed by atoms with E-state index in [0.29, 0.717) is 37.4 Å². The van der Waals surface area contributed by atoms with E-state index in [0.717, 1.165) is 5.56 Å². The molecule has 1 aromatic rings. The summed E-state index contributed by atoms with van der Waals surface area (Å²) in [5, 5.41) is 9.43. The number of aliphatic hydroxyl groups excluding tert-OH is 1. The third-order valence-corrected chi connectivity index (χ3v) is 3.32. The largest absolute Gasteiger partial charge is 0.493 e. The Morgan fingerprint density at radius 3 is 2.68 bits per heavy atom. The van der Waals surface area contributed by atoms with E-state index in [-0.39, 0.29) is 12.0 Å². The first kappa shape index (κ1) is 13.7. The summed E-state index contributed by atoms with van der Waals surface area (Å²) in [6.07, 6.45) is 0.597. The first-order valence-corrected chi connectivity index (χ1v) is 6.30. The molecular formula is C14H19NO4. The molecule has 0 unspecified atom stereocenters. The lowest BCUT2D eigenvalue weighted by Gasteiger charge is -2.16. The molecule has 5 heteroatoms. The second-order valence-electron chi connectivity index (χ2n) is 4.65. The zero-order valence-corrected chi connectivity index (χ0v) is 11.3. The average molecular weight is 265 g/mol. The Morgan fingerprint density at radius 2 is 2.11 bits per heavy atom. The standard InChI is InChI=1S/C14H19NO4/c1-18-12-4-3-10(7-13(12)19-2)8-14(17)15-6-5-11(16)9-15/h3-4,7,11,16H,5-6,8-9H2,1-2H3/t11-/m1/s1. The number of likely N-dealkylation sites (tertiary alicyclic amines) is 1. The minimum Gasteiger partial charge on any atom is -0.493 e. The zero-order valence-electron chi connectivity index (χ0n) is 11.3. The highest BCUT2D eigenvalue weighted by Crippen LogP contribution is 2.28. The summed E-state index contributed by atoms with van der Waals surface area (Å²) >= 11 is 0. The highest BCUT2D eigenvalue weighted by Gasteiger charge is 2.24. The molecule has 0 aromatic heterocycles. The lowest BCUT2D eigenvalue weighted by Crippen LogP contribution is -2.30. The normalized spacial score (nSPS) is 18.5. The van der Waals surface area contributed by atoms with Gasteiger partial charge in [-0.1, -0.05) is 6.07 Å². The van der Waals surface area contributed by atoms with Crippen LogP contribution in [0.25, 0.3) is 0 Å². The molecule has 0 radical (unpaired) electrons. The van der Waals surface area contributed by atoms with E-state index in [1.54, 1.807) is 25.2 Å². The molecule has 0 aliphatic carbocycles. The van der Waals surface area contributed by atoms with E-state index in [2.05, 4.69) is 0 Å². The van der Waals surface area contributed by atoms with E-state index >= 15 is 0 Å². The molecule has 1 atom stereocenters. The smallest absolute Gasteiger partial charge is 0.227 e. The predicted molar refractivity (Wildman–Crippen MR) is 70.5 cm³/mol. The molecule has 1 saturated heterocycles. The van der Waals surface area contributed by atoms with Crippen LogP contribution in [-0.2, 0) is 11.2 Å². The van der Waals surface area contributed by atoms with Crippen molar-refractivity contribution < 1.29 is 19.4 Å². The van der Waals surface area contributed by atoms with Crippen molar-refractivity contribution in [2.75, 3.05) is 27.3 Å². The number of aliphatic hydroxyl groups is 1. The van der Waals surface area contributed by atoms with Gasteiger partial charge in [0.15, 0.2) is 11.5 Å². The fourth-order valence-corrected chi connectivity index (χ4v) is 2.25. The Labute approximate surface area is 112 Å². The lowest BCUT2D eigenvalue weighted by atomic mass is 10.1. The number of ether oxygens (including phenoxy) is 2. The molecular weight excluding hydrogens is 246 g/mol. The highest BCUT2D eigenvalue weighted by molar-refractivity contribution is 5.79. The number of nitrogens with zero attached hydrogens (tertiary/aromatic N) is 1. The number of carbonyl (C=O) groups is 1. The van der Waals surface area contributed by atoms with Gasteiger partial charge in [0.2, 0.25) is 5.91 Å². The fraction of sp³-hybridized carbons (Fsp3) is 0.500. The van der Waals surface area contributed by atoms with Crippen LogP contribution in [-0.4, -0.2) is 49.3 Å². The van der Waals surface area contributed by atoms with Crippen LogP contribution in [0.4, 0.5) is 0 Å². The van der Waals surface area contributed by atoms with Crippen LogP contribution < -0.4 is 9.47 Å². The van der Waals surface area contributed by atoms with Gasteiger partial charge >= 0.3 is 0 Å². The molecule has 0 bridgehead atoms. The number of amides is 1. The summed E-state index contributed by atoms with van der Waals surface area (Å²) in [5.41, 5.74) is 0.879. The van der Waals surface area contributed by atoms with Gasteiger partial charge in [-0.15, -0.1) is 0 Å². The molecule has 5 nitrogen and oxygen atoms in total. The van der Waals surface area contributed by atoms with Gasteiger partial charge in [-0.3, -0.25) is 4.79 Å². The summed E-state index contributed by atoms with van der Waals surface area (Å²) in [4.78, 5) is 13.8. The minimum absolute atomic E-state index is 0.0313. The third-order valence-electron chi connectivity index (χ3n) is 3.32. The minimum atomic E-state index is -0.380. The molecule has 1 N–H and O–H groups in total. The maximum atomic E-state index is 12.1. The average Bonchev–Trinajstić information content (AvgIpc) is 2.85. The molecule has 0 spiro atoms. The fourth-order valence-electron chi connectivity index (χ4n) is 2.25. The molecule has 1 heterocycles. The van der Waals surface area contributed by atoms with Crippen LogP contribution in [0, 0.1) is 0 Å². The number of β-amino-alcohol motifs (C(OH)–C–C–N with tert-alkyl or cyclic N) is 1. The van der Waals surface area contributed by atoms with Crippen molar-refractivity contribution in [3.05, 3.63) is 23.8 Å². The van der Waals surface area contributed by atoms with Crippen LogP contribution in [0.5, 0.6) is 11.5 Å². The third kappa shape index (κ3) is 3.17. The van der Waals surface area contributed by atoms with E-state index in [4.69, 9.17) is 9.47 Å². The molecule has 0 saturated carbocycles. The lowest BCUT2D eigenvalue weighted by molar-refractivity contribution is -0.129. The maximum Gasteiger partial charge on any atom is 0.227 e. The number of hydrogen-bond acceptors (Lipinski definition) is 4. The first-order valence-electron chi connectivity index (χ1n) is 6.30. The van der Waals surface area contributed by atoms with Crippen molar-refractivity contribution in [3.8, 4) is 11.5 Å². The summed E-state index contributed by atoms with van der Waals surface area (Å²) in [6.45, 7) is 1.07. The Morgan fingerprint density at radius 1 is 1.37 bits per heavy atom. The molecule has 1 aliphatic heterocycles. The first-order chi connectivity index (χ1) is 9.13. The quantitative estimate of drug-likeness (QED) is 0.876. The van der Waals surface area contributed by atoms with E-state index < -0.39 is 0 Å². The second kappa shape index (κ2) is 5.93. The molecule has 1 aliphatic rings. The van der Waals surface area contributed by atoms with Gasteiger partial charge in [-0.2, -0.15) is 0 Å². The maximum absolute atomic E-state index is 12.1. The second-order valence-corrected chi connectivity index (χ2v) is 4.65. The van der Waals surface area contributed by atoms with Crippen molar-refractivity contribution in [1.29, 1.82) is 0 Å². The van der Waals surface area contributed by atoms with Crippen LogP contribution in [0.3, 0.4) is 0 Å². The van der Waals surface area contributed by atoms with Gasteiger partial charge < -0.3 is 19.5 Å². The molecule has 1 fully saturated rings. The SMILES string of the molecule is COc1ccc(CC(=O)N2CC[C@@H](O)C2)cc1OC. The molecule has 1 aromatic carbocycles. The molecule has 2 rings (SSSR count). The van der Waals surface area contributed by atoms with E-state index in [9.17, 15) is 9.90 Å². The van der Waals surface area contributed by atoms with Gasteiger partial charge in [0.25, 0.3) is 0 Å². The van der Waals surface area contributed by atoms with E-state index in [1.165, 1.54) is 0 Å². The van der Waals surface area contributed by atoms with Gasteiger partial charge in [0.1, 0.15) is 0 Å². The number of hydrogen-bond donors (Lipinski definition) is 1. The number of benzene rings is 1. The van der Waals surface area contributed by atoms with Crippen LogP contribution in [0.15, 0.2) is 18.2 Å². The number of methoxy groups -OCH3 is 2. The number of rotatable bonds is 4. The monoisotopic (exact) mass is 265 g/mol. The summed E-state index contributed by atoms with van der Waals surface area (Å²) in [6, 6.07) is 5.45.